The molecule has 1 amide bonds. The summed E-state index contributed by atoms with van der Waals surface area (Å²) in [5.74, 6) is 0.224. The summed E-state index contributed by atoms with van der Waals surface area (Å²) in [6, 6.07) is 11.8. The summed E-state index contributed by atoms with van der Waals surface area (Å²) >= 11 is 0. The van der Waals surface area contributed by atoms with E-state index in [1.807, 2.05) is 0 Å². The Labute approximate surface area is 131 Å². The number of phenolic OH excluding ortho intramolecular Hbond substituents is 1. The Hall–Kier alpha value is -3.35. The van der Waals surface area contributed by atoms with E-state index in [1.54, 1.807) is 49.4 Å². The van der Waals surface area contributed by atoms with Crippen LogP contribution in [0.2, 0.25) is 0 Å². The molecule has 0 radical (unpaired) electrons. The van der Waals surface area contributed by atoms with Crippen LogP contribution in [0.3, 0.4) is 0 Å². The van der Waals surface area contributed by atoms with Gasteiger partial charge < -0.3 is 9.52 Å². The first-order valence-corrected chi connectivity index (χ1v) is 6.87. The van der Waals surface area contributed by atoms with Gasteiger partial charge in [0, 0.05) is 11.6 Å². The van der Waals surface area contributed by atoms with Crippen molar-refractivity contribution in [1.29, 1.82) is 0 Å². The monoisotopic (exact) mass is 310 g/mol. The molecule has 23 heavy (non-hydrogen) atoms. The molecule has 0 unspecified atom stereocenters. The van der Waals surface area contributed by atoms with E-state index in [0.29, 0.717) is 22.7 Å². The molecular formula is C16H14N4O3. The van der Waals surface area contributed by atoms with E-state index in [4.69, 9.17) is 4.42 Å². The minimum absolute atomic E-state index is 0.0999. The molecule has 1 aromatic carbocycles. The van der Waals surface area contributed by atoms with Crippen LogP contribution in [0.25, 0.3) is 11.5 Å². The number of para-hydroxylation sites is 1. The van der Waals surface area contributed by atoms with Crippen LogP contribution < -0.4 is 5.43 Å². The molecule has 0 fully saturated rings. The molecule has 3 aromatic rings. The lowest BCUT2D eigenvalue weighted by Gasteiger charge is -2.03. The Morgan fingerprint density at radius 2 is 2.13 bits per heavy atom. The smallest absolute Gasteiger partial charge is 0.291 e. The van der Waals surface area contributed by atoms with Gasteiger partial charge in [0.05, 0.1) is 12.0 Å². The number of aromatic nitrogens is 2. The summed E-state index contributed by atoms with van der Waals surface area (Å²) in [5, 5.41) is 20.4. The number of amides is 1. The first-order valence-electron chi connectivity index (χ1n) is 6.87. The molecule has 0 saturated carbocycles. The molecule has 0 aliphatic heterocycles. The van der Waals surface area contributed by atoms with Crippen LogP contribution in [0.1, 0.15) is 23.0 Å². The number of aromatic amines is 1. The number of benzene rings is 1. The fraction of sp³-hybridized carbons (Fsp3) is 0.0625. The minimum atomic E-state index is -0.464. The normalized spacial score (nSPS) is 11.4. The van der Waals surface area contributed by atoms with Gasteiger partial charge in [0.1, 0.15) is 11.4 Å². The van der Waals surface area contributed by atoms with Crippen LogP contribution in [0.15, 0.2) is 58.2 Å². The SMILES string of the molecule is C/C(=N/NC(=O)c1cc(-c2ccco2)[nH]n1)c1ccccc1O. The number of phenols is 1. The Morgan fingerprint density at radius 1 is 1.30 bits per heavy atom. The molecule has 7 heteroatoms. The second-order valence-electron chi connectivity index (χ2n) is 4.80. The maximum Gasteiger partial charge on any atom is 0.291 e. The summed E-state index contributed by atoms with van der Waals surface area (Å²) < 4.78 is 5.22. The first-order chi connectivity index (χ1) is 11.1. The predicted molar refractivity (Wildman–Crippen MR) is 84.1 cm³/mol. The number of rotatable bonds is 4. The number of carbonyl (C=O) groups excluding carboxylic acids is 1. The van der Waals surface area contributed by atoms with Crippen LogP contribution in [-0.2, 0) is 0 Å². The van der Waals surface area contributed by atoms with E-state index in [9.17, 15) is 9.90 Å². The minimum Gasteiger partial charge on any atom is -0.507 e. The molecule has 2 heterocycles. The molecule has 0 bridgehead atoms. The lowest BCUT2D eigenvalue weighted by molar-refractivity contribution is 0.0950. The van der Waals surface area contributed by atoms with Gasteiger partial charge in [-0.15, -0.1) is 0 Å². The van der Waals surface area contributed by atoms with Crippen molar-refractivity contribution in [2.45, 2.75) is 6.92 Å². The third-order valence-electron chi connectivity index (χ3n) is 3.22. The van der Waals surface area contributed by atoms with Gasteiger partial charge in [0.25, 0.3) is 5.91 Å². The van der Waals surface area contributed by atoms with Gasteiger partial charge in [-0.3, -0.25) is 9.89 Å². The zero-order chi connectivity index (χ0) is 16.2. The molecular weight excluding hydrogens is 296 g/mol. The van der Waals surface area contributed by atoms with E-state index in [1.165, 1.54) is 6.26 Å². The summed E-state index contributed by atoms with van der Waals surface area (Å²) in [6.07, 6.45) is 1.54. The standard InChI is InChI=1S/C16H14N4O3/c1-10(11-5-2-3-6-14(11)21)17-20-16(22)13-9-12(18-19-13)15-7-4-8-23-15/h2-9,21H,1H3,(H,18,19)(H,20,22)/b17-10-. The maximum absolute atomic E-state index is 12.1. The zero-order valence-corrected chi connectivity index (χ0v) is 12.3. The number of furan rings is 1. The van der Waals surface area contributed by atoms with Crippen LogP contribution in [-0.4, -0.2) is 26.9 Å². The third kappa shape index (κ3) is 3.13. The van der Waals surface area contributed by atoms with E-state index in [0.717, 1.165) is 0 Å². The molecule has 116 valence electrons. The third-order valence-corrected chi connectivity index (χ3v) is 3.22. The van der Waals surface area contributed by atoms with Gasteiger partial charge in [-0.2, -0.15) is 10.2 Å². The van der Waals surface area contributed by atoms with Crippen molar-refractivity contribution in [3.8, 4) is 17.2 Å². The Balaban J connectivity index is 1.72. The van der Waals surface area contributed by atoms with Gasteiger partial charge in [0.15, 0.2) is 11.5 Å². The van der Waals surface area contributed by atoms with E-state index in [-0.39, 0.29) is 11.4 Å². The number of hydrogen-bond acceptors (Lipinski definition) is 5. The largest absolute Gasteiger partial charge is 0.507 e. The van der Waals surface area contributed by atoms with Gasteiger partial charge in [0.2, 0.25) is 0 Å². The molecule has 7 nitrogen and oxygen atoms in total. The van der Waals surface area contributed by atoms with Crippen molar-refractivity contribution >= 4 is 11.6 Å². The molecule has 0 aliphatic rings. The quantitative estimate of drug-likeness (QED) is 0.509. The number of nitrogens with zero attached hydrogens (tertiary/aromatic N) is 2. The van der Waals surface area contributed by atoms with Crippen molar-refractivity contribution in [1.82, 2.24) is 15.6 Å². The second kappa shape index (κ2) is 6.18. The topological polar surface area (TPSA) is 104 Å². The van der Waals surface area contributed by atoms with Crippen LogP contribution >= 0.6 is 0 Å². The second-order valence-corrected chi connectivity index (χ2v) is 4.80. The number of hydrazone groups is 1. The van der Waals surface area contributed by atoms with Crippen molar-refractivity contribution < 1.29 is 14.3 Å². The summed E-state index contributed by atoms with van der Waals surface area (Å²) in [5.41, 5.74) is 4.22. The summed E-state index contributed by atoms with van der Waals surface area (Å²) in [4.78, 5) is 12.1. The average Bonchev–Trinajstić information content (AvgIpc) is 3.23. The lowest BCUT2D eigenvalue weighted by atomic mass is 10.1. The van der Waals surface area contributed by atoms with Crippen molar-refractivity contribution in [3.63, 3.8) is 0 Å². The molecule has 0 aliphatic carbocycles. The van der Waals surface area contributed by atoms with Gasteiger partial charge in [-0.05, 0) is 31.2 Å². The number of nitrogens with one attached hydrogen (secondary N) is 2. The Bertz CT molecular complexity index is 850. The number of H-pyrrole nitrogens is 1. The number of carbonyl (C=O) groups is 1. The van der Waals surface area contributed by atoms with Crippen molar-refractivity contribution in [3.05, 3.63) is 60.0 Å². The predicted octanol–water partition coefficient (Wildman–Crippen LogP) is 2.53. The van der Waals surface area contributed by atoms with Crippen LogP contribution in [0.4, 0.5) is 0 Å². The summed E-state index contributed by atoms with van der Waals surface area (Å²) in [6.45, 7) is 1.69. The Morgan fingerprint density at radius 3 is 2.87 bits per heavy atom. The highest BCUT2D eigenvalue weighted by atomic mass is 16.3. The van der Waals surface area contributed by atoms with Crippen LogP contribution in [0.5, 0.6) is 5.75 Å². The maximum atomic E-state index is 12.1. The average molecular weight is 310 g/mol. The molecule has 0 spiro atoms. The Kier molecular flexibility index (Phi) is 3.92. The van der Waals surface area contributed by atoms with Gasteiger partial charge >= 0.3 is 0 Å². The van der Waals surface area contributed by atoms with Crippen LogP contribution in [0, 0.1) is 0 Å². The lowest BCUT2D eigenvalue weighted by Crippen LogP contribution is -2.19. The fourth-order valence-electron chi connectivity index (χ4n) is 2.03. The molecule has 0 saturated heterocycles. The molecule has 2 aromatic heterocycles. The first kappa shape index (κ1) is 14.6. The van der Waals surface area contributed by atoms with E-state index < -0.39 is 5.91 Å². The number of hydrogen-bond donors (Lipinski definition) is 3. The molecule has 0 atom stereocenters. The van der Waals surface area contributed by atoms with Crippen molar-refractivity contribution in [2.75, 3.05) is 0 Å². The van der Waals surface area contributed by atoms with Gasteiger partial charge in [-0.25, -0.2) is 5.43 Å². The summed E-state index contributed by atoms with van der Waals surface area (Å²) in [7, 11) is 0. The fourth-order valence-corrected chi connectivity index (χ4v) is 2.03. The van der Waals surface area contributed by atoms with Crippen molar-refractivity contribution in [2.24, 2.45) is 5.10 Å². The highest BCUT2D eigenvalue weighted by molar-refractivity contribution is 6.02. The molecule has 3 rings (SSSR count). The van der Waals surface area contributed by atoms with E-state index in [2.05, 4.69) is 20.7 Å². The number of aromatic hydroxyl groups is 1. The van der Waals surface area contributed by atoms with E-state index >= 15 is 0 Å². The zero-order valence-electron chi connectivity index (χ0n) is 12.3. The highest BCUT2D eigenvalue weighted by Gasteiger charge is 2.12. The van der Waals surface area contributed by atoms with Gasteiger partial charge in [-0.1, -0.05) is 12.1 Å². The molecule has 3 N–H and O–H groups in total. The highest BCUT2D eigenvalue weighted by Crippen LogP contribution is 2.18.